The number of piperazine rings is 1. The molecular formula is C13H22N3. The minimum Gasteiger partial charge on any atom is -0.304 e. The minimum absolute atomic E-state index is 0.0178. The molecule has 1 heterocycles. The molecule has 0 bridgehead atoms. The van der Waals surface area contributed by atoms with E-state index in [9.17, 15) is 0 Å². The lowest BCUT2D eigenvalue weighted by atomic mass is 9.99. The van der Waals surface area contributed by atoms with Crippen molar-refractivity contribution in [3.8, 4) is 0 Å². The van der Waals surface area contributed by atoms with Gasteiger partial charge < -0.3 is 4.90 Å². The molecule has 0 saturated carbocycles. The quantitative estimate of drug-likeness (QED) is 0.682. The zero-order valence-corrected chi connectivity index (χ0v) is 10.6. The molecule has 16 heavy (non-hydrogen) atoms. The van der Waals surface area contributed by atoms with Gasteiger partial charge >= 0.3 is 0 Å². The van der Waals surface area contributed by atoms with Crippen LogP contribution in [0, 0.1) is 6.42 Å². The van der Waals surface area contributed by atoms with Crippen molar-refractivity contribution in [3.05, 3.63) is 30.7 Å². The predicted molar refractivity (Wildman–Crippen MR) is 68.1 cm³/mol. The third-order valence-corrected chi connectivity index (χ3v) is 3.63. The van der Waals surface area contributed by atoms with Gasteiger partial charge in [0.25, 0.3) is 0 Å². The summed E-state index contributed by atoms with van der Waals surface area (Å²) >= 11 is 0. The highest BCUT2D eigenvalue weighted by molar-refractivity contribution is 5.29. The first-order valence-electron chi connectivity index (χ1n) is 5.96. The van der Waals surface area contributed by atoms with E-state index in [2.05, 4.69) is 66.6 Å². The highest BCUT2D eigenvalue weighted by atomic mass is 15.4. The van der Waals surface area contributed by atoms with E-state index < -0.39 is 0 Å². The average molecular weight is 220 g/mol. The molecule has 3 nitrogen and oxygen atoms in total. The van der Waals surface area contributed by atoms with Crippen LogP contribution in [0.15, 0.2) is 24.3 Å². The third-order valence-electron chi connectivity index (χ3n) is 3.63. The van der Waals surface area contributed by atoms with Crippen LogP contribution in [-0.2, 0) is 0 Å². The Morgan fingerprint density at radius 3 is 2.06 bits per heavy atom. The summed E-state index contributed by atoms with van der Waals surface area (Å²) in [7, 11) is 6.50. The second kappa shape index (κ2) is 4.70. The molecule has 89 valence electrons. The second-order valence-corrected chi connectivity index (χ2v) is 4.88. The fourth-order valence-corrected chi connectivity index (χ4v) is 2.47. The SMILES string of the molecule is CN1CCN(C2(N(C)C)C=C[CH]C=C2)CC1. The van der Waals surface area contributed by atoms with Crippen LogP contribution in [0.3, 0.4) is 0 Å². The minimum atomic E-state index is -0.0178. The van der Waals surface area contributed by atoms with Gasteiger partial charge in [0.2, 0.25) is 0 Å². The van der Waals surface area contributed by atoms with Gasteiger partial charge in [-0.15, -0.1) is 0 Å². The molecule has 2 rings (SSSR count). The van der Waals surface area contributed by atoms with E-state index >= 15 is 0 Å². The Labute approximate surface area is 99.0 Å². The van der Waals surface area contributed by atoms with Gasteiger partial charge in [-0.1, -0.05) is 12.2 Å². The summed E-state index contributed by atoms with van der Waals surface area (Å²) in [6.45, 7) is 4.56. The largest absolute Gasteiger partial charge is 0.304 e. The summed E-state index contributed by atoms with van der Waals surface area (Å²) in [5.41, 5.74) is -0.0178. The summed E-state index contributed by atoms with van der Waals surface area (Å²) in [6.07, 6.45) is 11.0. The topological polar surface area (TPSA) is 9.72 Å². The highest BCUT2D eigenvalue weighted by Crippen LogP contribution is 2.26. The number of likely N-dealkylation sites (N-methyl/N-ethyl adjacent to an activating group) is 2. The van der Waals surface area contributed by atoms with Crippen molar-refractivity contribution in [1.29, 1.82) is 0 Å². The zero-order valence-electron chi connectivity index (χ0n) is 10.6. The molecule has 3 heteroatoms. The predicted octanol–water partition coefficient (Wildman–Crippen LogP) is 0.822. The van der Waals surface area contributed by atoms with E-state index in [1.807, 2.05) is 0 Å². The Kier molecular flexibility index (Phi) is 3.47. The van der Waals surface area contributed by atoms with E-state index in [1.54, 1.807) is 0 Å². The van der Waals surface area contributed by atoms with E-state index in [0.29, 0.717) is 0 Å². The van der Waals surface area contributed by atoms with Crippen molar-refractivity contribution in [2.24, 2.45) is 0 Å². The fourth-order valence-electron chi connectivity index (χ4n) is 2.47. The van der Waals surface area contributed by atoms with E-state index in [1.165, 1.54) is 0 Å². The Hall–Kier alpha value is -0.640. The Balaban J connectivity index is 2.16. The maximum Gasteiger partial charge on any atom is 0.112 e. The standard InChI is InChI=1S/C13H22N3/c1-14(2)13(7-5-4-6-8-13)16-11-9-15(3)10-12-16/h4-8H,9-12H2,1-3H3. The number of hydrogen-bond donors (Lipinski definition) is 0. The molecular weight excluding hydrogens is 198 g/mol. The number of rotatable bonds is 2. The van der Waals surface area contributed by atoms with Crippen LogP contribution >= 0.6 is 0 Å². The maximum atomic E-state index is 2.55. The first-order chi connectivity index (χ1) is 7.65. The molecule has 1 saturated heterocycles. The molecule has 1 aliphatic heterocycles. The van der Waals surface area contributed by atoms with E-state index in [0.717, 1.165) is 26.2 Å². The van der Waals surface area contributed by atoms with Gasteiger partial charge in [-0.3, -0.25) is 9.80 Å². The average Bonchev–Trinajstić information content (AvgIpc) is 2.30. The molecule has 0 aromatic carbocycles. The van der Waals surface area contributed by atoms with Crippen LogP contribution in [0.5, 0.6) is 0 Å². The molecule has 0 aromatic rings. The van der Waals surface area contributed by atoms with Gasteiger partial charge in [0.15, 0.2) is 0 Å². The van der Waals surface area contributed by atoms with Crippen molar-refractivity contribution in [2.45, 2.75) is 5.66 Å². The van der Waals surface area contributed by atoms with Crippen LogP contribution in [0.2, 0.25) is 0 Å². The third kappa shape index (κ3) is 2.08. The van der Waals surface area contributed by atoms with Gasteiger partial charge in [0.05, 0.1) is 0 Å². The Morgan fingerprint density at radius 1 is 1.00 bits per heavy atom. The summed E-state index contributed by atoms with van der Waals surface area (Å²) in [4.78, 5) is 7.23. The van der Waals surface area contributed by atoms with Crippen LogP contribution < -0.4 is 0 Å². The van der Waals surface area contributed by atoms with Crippen molar-refractivity contribution in [2.75, 3.05) is 47.3 Å². The number of hydrogen-bond acceptors (Lipinski definition) is 3. The summed E-state index contributed by atoms with van der Waals surface area (Å²) < 4.78 is 0. The highest BCUT2D eigenvalue weighted by Gasteiger charge is 2.36. The number of nitrogens with zero attached hydrogens (tertiary/aromatic N) is 3. The van der Waals surface area contributed by atoms with Crippen LogP contribution in [0.1, 0.15) is 0 Å². The molecule has 0 spiro atoms. The van der Waals surface area contributed by atoms with E-state index in [4.69, 9.17) is 0 Å². The van der Waals surface area contributed by atoms with Crippen LogP contribution in [0.4, 0.5) is 0 Å². The first kappa shape index (κ1) is 11.8. The summed E-state index contributed by atoms with van der Waals surface area (Å²) in [5, 5.41) is 0. The smallest absolute Gasteiger partial charge is 0.112 e. The molecule has 1 radical (unpaired) electrons. The Morgan fingerprint density at radius 2 is 1.56 bits per heavy atom. The molecule has 0 N–H and O–H groups in total. The molecule has 0 unspecified atom stereocenters. The van der Waals surface area contributed by atoms with Gasteiger partial charge in [0, 0.05) is 32.6 Å². The monoisotopic (exact) mass is 220 g/mol. The molecule has 0 atom stereocenters. The van der Waals surface area contributed by atoms with Crippen molar-refractivity contribution >= 4 is 0 Å². The lowest BCUT2D eigenvalue weighted by Gasteiger charge is -2.48. The summed E-state index contributed by atoms with van der Waals surface area (Å²) in [5.74, 6) is 0. The molecule has 0 amide bonds. The van der Waals surface area contributed by atoms with Crippen molar-refractivity contribution < 1.29 is 0 Å². The zero-order chi connectivity index (χ0) is 11.6. The normalized spacial score (nSPS) is 26.5. The van der Waals surface area contributed by atoms with Crippen LogP contribution in [0.25, 0.3) is 0 Å². The van der Waals surface area contributed by atoms with Crippen molar-refractivity contribution in [3.63, 3.8) is 0 Å². The molecule has 2 aliphatic rings. The number of allylic oxidation sites excluding steroid dienone is 2. The van der Waals surface area contributed by atoms with E-state index in [-0.39, 0.29) is 5.66 Å². The second-order valence-electron chi connectivity index (χ2n) is 4.88. The van der Waals surface area contributed by atoms with Gasteiger partial charge in [0.1, 0.15) is 5.66 Å². The van der Waals surface area contributed by atoms with Gasteiger partial charge in [-0.05, 0) is 33.3 Å². The maximum absolute atomic E-state index is 2.55. The van der Waals surface area contributed by atoms with Crippen molar-refractivity contribution in [1.82, 2.24) is 14.7 Å². The molecule has 1 fully saturated rings. The fraction of sp³-hybridized carbons (Fsp3) is 0.615. The molecule has 0 aromatic heterocycles. The first-order valence-corrected chi connectivity index (χ1v) is 5.96. The summed E-state index contributed by atoms with van der Waals surface area (Å²) in [6, 6.07) is 0. The van der Waals surface area contributed by atoms with Crippen LogP contribution in [-0.4, -0.2) is 67.7 Å². The lowest BCUT2D eigenvalue weighted by molar-refractivity contribution is 0.0146. The van der Waals surface area contributed by atoms with Gasteiger partial charge in [-0.25, -0.2) is 0 Å². The molecule has 1 aliphatic carbocycles. The lowest BCUT2D eigenvalue weighted by Crippen LogP contribution is -2.61. The van der Waals surface area contributed by atoms with Gasteiger partial charge in [-0.2, -0.15) is 0 Å². The Bertz CT molecular complexity index is 274.